The van der Waals surface area contributed by atoms with Gasteiger partial charge in [-0.25, -0.2) is 0 Å². The van der Waals surface area contributed by atoms with E-state index >= 15 is 0 Å². The summed E-state index contributed by atoms with van der Waals surface area (Å²) in [6, 6.07) is 7.90. The predicted octanol–water partition coefficient (Wildman–Crippen LogP) is 3.69. The molecule has 0 bridgehead atoms. The van der Waals surface area contributed by atoms with E-state index in [0.29, 0.717) is 25.3 Å². The van der Waals surface area contributed by atoms with Crippen LogP contribution in [0.25, 0.3) is 0 Å². The van der Waals surface area contributed by atoms with Gasteiger partial charge in [-0.3, -0.25) is 9.59 Å². The second-order valence-corrected chi connectivity index (χ2v) is 6.19. The Morgan fingerprint density at radius 3 is 2.14 bits per heavy atom. The molecule has 0 saturated heterocycles. The Morgan fingerprint density at radius 2 is 1.59 bits per heavy atom. The number of hydrogen-bond acceptors (Lipinski definition) is 2. The Kier molecular flexibility index (Phi) is 7.64. The molecule has 0 aliphatic rings. The first-order chi connectivity index (χ1) is 10.4. The quantitative estimate of drug-likeness (QED) is 0.769. The highest BCUT2D eigenvalue weighted by atomic mass is 16.2. The monoisotopic (exact) mass is 304 g/mol. The molecule has 0 radical (unpaired) electrons. The van der Waals surface area contributed by atoms with Gasteiger partial charge in [-0.15, -0.1) is 0 Å². The zero-order valence-electron chi connectivity index (χ0n) is 14.1. The molecule has 1 rings (SSSR count). The first-order valence-electron chi connectivity index (χ1n) is 8.08. The fraction of sp³-hybridized carbons (Fsp3) is 0.556. The van der Waals surface area contributed by atoms with E-state index in [1.165, 1.54) is 5.56 Å². The fourth-order valence-electron chi connectivity index (χ4n) is 2.21. The third-order valence-corrected chi connectivity index (χ3v) is 3.50. The molecule has 4 nitrogen and oxygen atoms in total. The highest BCUT2D eigenvalue weighted by Crippen LogP contribution is 2.18. The summed E-state index contributed by atoms with van der Waals surface area (Å²) < 4.78 is 0. The molecule has 0 unspecified atom stereocenters. The molecular weight excluding hydrogens is 276 g/mol. The average molecular weight is 304 g/mol. The van der Waals surface area contributed by atoms with Crippen LogP contribution < -0.4 is 10.6 Å². The maximum absolute atomic E-state index is 12.0. The van der Waals surface area contributed by atoms with Crippen molar-refractivity contribution in [2.45, 2.75) is 52.9 Å². The molecule has 0 heterocycles. The summed E-state index contributed by atoms with van der Waals surface area (Å²) >= 11 is 0. The Bertz CT molecular complexity index is 480. The van der Waals surface area contributed by atoms with Crippen LogP contribution in [0.15, 0.2) is 24.3 Å². The second kappa shape index (κ2) is 9.23. The number of carbonyl (C=O) groups is 2. The number of benzene rings is 1. The van der Waals surface area contributed by atoms with Gasteiger partial charge in [-0.1, -0.05) is 39.8 Å². The minimum Gasteiger partial charge on any atom is -0.356 e. The predicted molar refractivity (Wildman–Crippen MR) is 90.9 cm³/mol. The molecule has 1 atom stereocenters. The third-order valence-electron chi connectivity index (χ3n) is 3.50. The van der Waals surface area contributed by atoms with Crippen LogP contribution in [-0.2, 0) is 9.59 Å². The van der Waals surface area contributed by atoms with Gasteiger partial charge in [0.2, 0.25) is 11.8 Å². The van der Waals surface area contributed by atoms with Crippen molar-refractivity contribution in [3.8, 4) is 0 Å². The van der Waals surface area contributed by atoms with E-state index in [1.54, 1.807) is 0 Å². The zero-order valence-corrected chi connectivity index (χ0v) is 14.1. The minimum absolute atomic E-state index is 0.0171. The molecule has 22 heavy (non-hydrogen) atoms. The van der Waals surface area contributed by atoms with Crippen LogP contribution in [0.5, 0.6) is 0 Å². The molecule has 0 aromatic heterocycles. The molecular formula is C18H28N2O2. The summed E-state index contributed by atoms with van der Waals surface area (Å²) in [7, 11) is 0. The maximum Gasteiger partial charge on any atom is 0.224 e. The van der Waals surface area contributed by atoms with Crippen LogP contribution in [-0.4, -0.2) is 18.4 Å². The number of rotatable bonds is 8. The van der Waals surface area contributed by atoms with Gasteiger partial charge in [-0.05, 0) is 36.0 Å². The number of carbonyl (C=O) groups excluding carboxylic acids is 2. The molecule has 0 spiro atoms. The van der Waals surface area contributed by atoms with Crippen LogP contribution in [0.3, 0.4) is 0 Å². The van der Waals surface area contributed by atoms with E-state index in [-0.39, 0.29) is 17.7 Å². The van der Waals surface area contributed by atoms with Crippen molar-refractivity contribution >= 4 is 17.5 Å². The fourth-order valence-corrected chi connectivity index (χ4v) is 2.21. The molecule has 1 aromatic rings. The van der Waals surface area contributed by atoms with E-state index in [4.69, 9.17) is 0 Å². The smallest absolute Gasteiger partial charge is 0.224 e. The van der Waals surface area contributed by atoms with Gasteiger partial charge < -0.3 is 10.6 Å². The van der Waals surface area contributed by atoms with Crippen molar-refractivity contribution < 1.29 is 9.59 Å². The first-order valence-corrected chi connectivity index (χ1v) is 8.08. The zero-order chi connectivity index (χ0) is 16.5. The second-order valence-electron chi connectivity index (χ2n) is 6.19. The van der Waals surface area contributed by atoms with E-state index < -0.39 is 0 Å². The van der Waals surface area contributed by atoms with Gasteiger partial charge in [-0.2, -0.15) is 0 Å². The summed E-state index contributed by atoms with van der Waals surface area (Å²) in [5, 5.41) is 5.72. The van der Waals surface area contributed by atoms with Crippen molar-refractivity contribution in [2.75, 3.05) is 11.9 Å². The summed E-state index contributed by atoms with van der Waals surface area (Å²) in [5.74, 6) is 0.481. The van der Waals surface area contributed by atoms with Crippen LogP contribution in [0.2, 0.25) is 0 Å². The molecule has 122 valence electrons. The van der Waals surface area contributed by atoms with Gasteiger partial charge in [0, 0.05) is 25.1 Å². The van der Waals surface area contributed by atoms with Crippen molar-refractivity contribution in [3.63, 3.8) is 0 Å². The lowest BCUT2D eigenvalue weighted by Crippen LogP contribution is -2.26. The number of nitrogens with one attached hydrogen (secondary N) is 2. The van der Waals surface area contributed by atoms with E-state index in [0.717, 1.165) is 12.1 Å². The van der Waals surface area contributed by atoms with Gasteiger partial charge in [0.1, 0.15) is 0 Å². The minimum atomic E-state index is -0.0481. The van der Waals surface area contributed by atoms with Gasteiger partial charge >= 0.3 is 0 Å². The van der Waals surface area contributed by atoms with Crippen LogP contribution >= 0.6 is 0 Å². The van der Waals surface area contributed by atoms with Crippen molar-refractivity contribution in [1.82, 2.24) is 5.32 Å². The average Bonchev–Trinajstić information content (AvgIpc) is 2.45. The Balaban J connectivity index is 2.40. The Hall–Kier alpha value is -1.84. The topological polar surface area (TPSA) is 58.2 Å². The van der Waals surface area contributed by atoms with Crippen molar-refractivity contribution in [1.29, 1.82) is 0 Å². The highest BCUT2D eigenvalue weighted by Gasteiger charge is 2.13. The summed E-state index contributed by atoms with van der Waals surface area (Å²) in [6.45, 7) is 8.91. The SMILES string of the molecule is CCCNC(=O)C[C@H](C)CC(=O)Nc1ccc(C(C)C)cc1. The van der Waals surface area contributed by atoms with Crippen molar-refractivity contribution in [2.24, 2.45) is 5.92 Å². The van der Waals surface area contributed by atoms with Crippen LogP contribution in [0.1, 0.15) is 58.4 Å². The lowest BCUT2D eigenvalue weighted by molar-refractivity contribution is -0.122. The van der Waals surface area contributed by atoms with Gasteiger partial charge in [0.15, 0.2) is 0 Å². The highest BCUT2D eigenvalue weighted by molar-refractivity contribution is 5.91. The maximum atomic E-state index is 12.0. The molecule has 2 amide bonds. The van der Waals surface area contributed by atoms with E-state index in [9.17, 15) is 9.59 Å². The first kappa shape index (κ1) is 18.2. The molecule has 1 aromatic carbocycles. The summed E-state index contributed by atoms with van der Waals surface area (Å²) in [6.07, 6.45) is 1.66. The number of hydrogen-bond donors (Lipinski definition) is 2. The molecule has 0 aliphatic heterocycles. The standard InChI is InChI=1S/C18H28N2O2/c1-5-10-19-17(21)11-14(4)12-18(22)20-16-8-6-15(7-9-16)13(2)3/h6-9,13-14H,5,10-12H2,1-4H3,(H,19,21)(H,20,22)/t14-/m0/s1. The molecule has 4 heteroatoms. The Labute approximate surface area is 133 Å². The lowest BCUT2D eigenvalue weighted by Gasteiger charge is -2.12. The summed E-state index contributed by atoms with van der Waals surface area (Å²) in [5.41, 5.74) is 2.05. The number of amides is 2. The largest absolute Gasteiger partial charge is 0.356 e. The van der Waals surface area contributed by atoms with Gasteiger partial charge in [0.05, 0.1) is 0 Å². The summed E-state index contributed by atoms with van der Waals surface area (Å²) in [4.78, 5) is 23.6. The normalized spacial score (nSPS) is 12.0. The van der Waals surface area contributed by atoms with Crippen LogP contribution in [0, 0.1) is 5.92 Å². The molecule has 0 saturated carbocycles. The van der Waals surface area contributed by atoms with Crippen LogP contribution in [0.4, 0.5) is 5.69 Å². The lowest BCUT2D eigenvalue weighted by atomic mass is 10.0. The molecule has 0 fully saturated rings. The van der Waals surface area contributed by atoms with E-state index in [1.807, 2.05) is 38.1 Å². The van der Waals surface area contributed by atoms with Crippen molar-refractivity contribution in [3.05, 3.63) is 29.8 Å². The number of anilines is 1. The Morgan fingerprint density at radius 1 is 1.00 bits per heavy atom. The van der Waals surface area contributed by atoms with Gasteiger partial charge in [0.25, 0.3) is 0 Å². The molecule has 0 aliphatic carbocycles. The van der Waals surface area contributed by atoms with E-state index in [2.05, 4.69) is 24.5 Å². The third kappa shape index (κ3) is 6.74. The molecule has 2 N–H and O–H groups in total.